The fourth-order valence-electron chi connectivity index (χ4n) is 3.81. The van der Waals surface area contributed by atoms with Crippen molar-refractivity contribution in [1.29, 1.82) is 0 Å². The van der Waals surface area contributed by atoms with Crippen molar-refractivity contribution < 1.29 is 14.4 Å². The molecule has 0 bridgehead atoms. The van der Waals surface area contributed by atoms with E-state index in [4.69, 9.17) is 0 Å². The number of carbonyl (C=O) groups excluding carboxylic acids is 3. The van der Waals surface area contributed by atoms with E-state index < -0.39 is 5.25 Å². The summed E-state index contributed by atoms with van der Waals surface area (Å²) in [4.78, 5) is 39.9. The molecule has 1 amide bonds. The zero-order valence-corrected chi connectivity index (χ0v) is 19.9. The Morgan fingerprint density at radius 2 is 1.76 bits per heavy atom. The highest BCUT2D eigenvalue weighted by molar-refractivity contribution is 8.00. The topological polar surface area (TPSA) is 93.9 Å². The highest BCUT2D eigenvalue weighted by Gasteiger charge is 2.29. The van der Waals surface area contributed by atoms with Gasteiger partial charge in [0.1, 0.15) is 6.33 Å². The van der Waals surface area contributed by atoms with Gasteiger partial charge in [-0.2, -0.15) is 0 Å². The van der Waals surface area contributed by atoms with Crippen molar-refractivity contribution in [3.05, 3.63) is 93.4 Å². The van der Waals surface area contributed by atoms with Gasteiger partial charge in [0, 0.05) is 39.4 Å². The maximum Gasteiger partial charge on any atom is 0.237 e. The Morgan fingerprint density at radius 1 is 1.03 bits per heavy atom. The first-order chi connectivity index (χ1) is 16.5. The lowest BCUT2D eigenvalue weighted by Crippen LogP contribution is -2.24. The summed E-state index contributed by atoms with van der Waals surface area (Å²) < 4.78 is 1.94. The summed E-state index contributed by atoms with van der Waals surface area (Å²) in [5.41, 5.74) is 1.91. The van der Waals surface area contributed by atoms with Crippen molar-refractivity contribution in [2.45, 2.75) is 30.3 Å². The number of thioether (sulfide) groups is 1. The second-order valence-corrected chi connectivity index (χ2v) is 10.2. The Balaban J connectivity index is 1.27. The largest absolute Gasteiger partial charge is 0.325 e. The van der Waals surface area contributed by atoms with Crippen molar-refractivity contribution in [2.75, 3.05) is 5.32 Å². The number of nitrogens with zero attached hydrogens (tertiary/aromatic N) is 3. The summed E-state index contributed by atoms with van der Waals surface area (Å²) in [7, 11) is 0. The van der Waals surface area contributed by atoms with E-state index in [2.05, 4.69) is 21.6 Å². The maximum absolute atomic E-state index is 12.9. The van der Waals surface area contributed by atoms with Crippen LogP contribution < -0.4 is 5.32 Å². The zero-order valence-electron chi connectivity index (χ0n) is 18.2. The second-order valence-electron chi connectivity index (χ2n) is 7.85. The molecule has 34 heavy (non-hydrogen) atoms. The molecule has 1 N–H and O–H groups in total. The highest BCUT2D eigenvalue weighted by atomic mass is 32.2. The summed E-state index contributed by atoms with van der Waals surface area (Å²) in [6.07, 6.45) is 2.54. The Hall–Kier alpha value is -3.56. The van der Waals surface area contributed by atoms with Crippen LogP contribution in [0.15, 0.2) is 71.5 Å². The Labute approximate surface area is 204 Å². The van der Waals surface area contributed by atoms with Crippen LogP contribution in [0.25, 0.3) is 0 Å². The first kappa shape index (κ1) is 22.2. The van der Waals surface area contributed by atoms with E-state index in [1.807, 2.05) is 16.0 Å². The van der Waals surface area contributed by atoms with Gasteiger partial charge in [0.2, 0.25) is 5.91 Å². The summed E-state index contributed by atoms with van der Waals surface area (Å²) in [6.45, 7) is 2.52. The van der Waals surface area contributed by atoms with Crippen LogP contribution >= 0.6 is 23.1 Å². The van der Waals surface area contributed by atoms with Crippen molar-refractivity contribution in [3.8, 4) is 0 Å². The second kappa shape index (κ2) is 9.36. The summed E-state index contributed by atoms with van der Waals surface area (Å²) in [5, 5.41) is 13.3. The number of benzene rings is 2. The standard InChI is InChI=1S/C25H20N4O3S2/c1-15(34-25-28-26-14-29(25)11-10-17-5-4-12-33-17)24(32)27-16-8-9-20-21(13-16)23(31)19-7-3-2-6-18(19)22(20)30/h2-9,12-15H,10-11H2,1H3,(H,27,32). The third-order valence-electron chi connectivity index (χ3n) is 5.60. The van der Waals surface area contributed by atoms with Crippen LogP contribution in [0.1, 0.15) is 43.6 Å². The van der Waals surface area contributed by atoms with Crippen LogP contribution in [0, 0.1) is 0 Å². The SMILES string of the molecule is CC(Sc1nncn1CCc1cccs1)C(=O)Nc1ccc2c(c1)C(=O)c1ccccc1C2=O. The average molecular weight is 489 g/mol. The fourth-order valence-corrected chi connectivity index (χ4v) is 5.36. The van der Waals surface area contributed by atoms with E-state index in [1.165, 1.54) is 16.6 Å². The molecule has 1 aliphatic carbocycles. The van der Waals surface area contributed by atoms with E-state index in [0.29, 0.717) is 33.1 Å². The van der Waals surface area contributed by atoms with Crippen LogP contribution in [0.4, 0.5) is 5.69 Å². The lowest BCUT2D eigenvalue weighted by atomic mass is 9.84. The molecule has 1 aliphatic rings. The molecule has 4 aromatic rings. The first-order valence-corrected chi connectivity index (χ1v) is 12.5. The van der Waals surface area contributed by atoms with Crippen LogP contribution in [-0.2, 0) is 17.8 Å². The molecule has 0 saturated heterocycles. The van der Waals surface area contributed by atoms with Crippen molar-refractivity contribution in [2.24, 2.45) is 0 Å². The predicted octanol–water partition coefficient (Wildman–Crippen LogP) is 4.48. The molecular weight excluding hydrogens is 468 g/mol. The number of aryl methyl sites for hydroxylation is 2. The Morgan fingerprint density at radius 3 is 2.50 bits per heavy atom. The highest BCUT2D eigenvalue weighted by Crippen LogP contribution is 2.30. The monoisotopic (exact) mass is 488 g/mol. The summed E-state index contributed by atoms with van der Waals surface area (Å²) >= 11 is 3.03. The number of rotatable bonds is 7. The van der Waals surface area contributed by atoms with Crippen LogP contribution in [0.3, 0.4) is 0 Å². The molecule has 7 nitrogen and oxygen atoms in total. The van der Waals surface area contributed by atoms with E-state index in [-0.39, 0.29) is 17.5 Å². The number of carbonyl (C=O) groups is 3. The molecule has 0 radical (unpaired) electrons. The molecule has 9 heteroatoms. The predicted molar refractivity (Wildman–Crippen MR) is 132 cm³/mol. The van der Waals surface area contributed by atoms with Gasteiger partial charge in [-0.3, -0.25) is 14.4 Å². The molecule has 0 saturated carbocycles. The summed E-state index contributed by atoms with van der Waals surface area (Å²) in [6, 6.07) is 15.7. The minimum atomic E-state index is -0.446. The van der Waals surface area contributed by atoms with Crippen molar-refractivity contribution in [3.63, 3.8) is 0 Å². The maximum atomic E-state index is 12.9. The number of anilines is 1. The molecule has 2 heterocycles. The number of thiophene rings is 1. The minimum absolute atomic E-state index is 0.186. The fraction of sp³-hybridized carbons (Fsp3) is 0.160. The van der Waals surface area contributed by atoms with Gasteiger partial charge >= 0.3 is 0 Å². The molecule has 1 atom stereocenters. The van der Waals surface area contributed by atoms with Gasteiger partial charge in [-0.05, 0) is 43.0 Å². The van der Waals surface area contributed by atoms with E-state index >= 15 is 0 Å². The van der Waals surface area contributed by atoms with Gasteiger partial charge in [0.15, 0.2) is 16.7 Å². The number of fused-ring (bicyclic) bond motifs is 2. The number of aromatic nitrogens is 3. The van der Waals surface area contributed by atoms with Gasteiger partial charge in [0.25, 0.3) is 0 Å². The molecule has 2 aromatic heterocycles. The molecule has 2 aromatic carbocycles. The first-order valence-electron chi connectivity index (χ1n) is 10.7. The minimum Gasteiger partial charge on any atom is -0.325 e. The third kappa shape index (κ3) is 4.32. The Bertz CT molecular complexity index is 1390. The third-order valence-corrected chi connectivity index (χ3v) is 7.63. The van der Waals surface area contributed by atoms with Crippen LogP contribution in [-0.4, -0.2) is 37.5 Å². The van der Waals surface area contributed by atoms with Gasteiger partial charge < -0.3 is 9.88 Å². The lowest BCUT2D eigenvalue weighted by molar-refractivity contribution is -0.115. The van der Waals surface area contributed by atoms with Gasteiger partial charge in [0.05, 0.1) is 5.25 Å². The molecule has 0 spiro atoms. The molecule has 170 valence electrons. The number of hydrogen-bond acceptors (Lipinski definition) is 7. The molecule has 0 fully saturated rings. The van der Waals surface area contributed by atoms with E-state index in [0.717, 1.165) is 13.0 Å². The van der Waals surface area contributed by atoms with Gasteiger partial charge in [-0.15, -0.1) is 21.5 Å². The average Bonchev–Trinajstić information content (AvgIpc) is 3.53. The lowest BCUT2D eigenvalue weighted by Gasteiger charge is -2.18. The Kier molecular flexibility index (Phi) is 6.12. The van der Waals surface area contributed by atoms with E-state index in [9.17, 15) is 14.4 Å². The number of hydrogen-bond donors (Lipinski definition) is 1. The molecule has 1 unspecified atom stereocenters. The quantitative estimate of drug-likeness (QED) is 0.340. The normalized spacial score (nSPS) is 13.3. The molecule has 5 rings (SSSR count). The smallest absolute Gasteiger partial charge is 0.237 e. The van der Waals surface area contributed by atoms with Crippen LogP contribution in [0.5, 0.6) is 0 Å². The van der Waals surface area contributed by atoms with Crippen LogP contribution in [0.2, 0.25) is 0 Å². The van der Waals surface area contributed by atoms with Crippen molar-refractivity contribution in [1.82, 2.24) is 14.8 Å². The molecule has 0 aliphatic heterocycles. The van der Waals surface area contributed by atoms with Gasteiger partial charge in [-0.25, -0.2) is 0 Å². The van der Waals surface area contributed by atoms with Crippen molar-refractivity contribution >= 4 is 46.3 Å². The van der Waals surface area contributed by atoms with Gasteiger partial charge in [-0.1, -0.05) is 42.1 Å². The van der Waals surface area contributed by atoms with E-state index in [1.54, 1.807) is 67.1 Å². The number of amides is 1. The molecular formula is C25H20N4O3S2. The number of nitrogens with one attached hydrogen (secondary N) is 1. The zero-order chi connectivity index (χ0) is 23.7. The summed E-state index contributed by atoms with van der Waals surface area (Å²) in [5.74, 6) is -0.635. The number of ketones is 2.